The molecule has 0 aromatic heterocycles. The van der Waals surface area contributed by atoms with E-state index in [2.05, 4.69) is 43.3 Å². The standard InChI is InChI=1S/C29H27NO3/c1-3-17-33-23-16-10-9-15-22(23)30-27(31)25-24-18-11-5-7-13-20(18)29(4-2,26(25)28(30)32)21-14-8-6-12-19(21)24/h5-16,24-26H,3-4,17H2,1-2H3/t24?,25-,26+,29?/m0/s1. The van der Waals surface area contributed by atoms with E-state index in [9.17, 15) is 9.59 Å². The van der Waals surface area contributed by atoms with Gasteiger partial charge in [-0.2, -0.15) is 0 Å². The number of hydrogen-bond donors (Lipinski definition) is 0. The molecule has 1 saturated heterocycles. The molecule has 0 saturated carbocycles. The quantitative estimate of drug-likeness (QED) is 0.500. The van der Waals surface area contributed by atoms with E-state index in [0.717, 1.165) is 12.8 Å². The Morgan fingerprint density at radius 2 is 1.42 bits per heavy atom. The van der Waals surface area contributed by atoms with Crippen molar-refractivity contribution in [3.63, 3.8) is 0 Å². The number of hydrogen-bond acceptors (Lipinski definition) is 3. The second-order valence-corrected chi connectivity index (χ2v) is 9.31. The Kier molecular flexibility index (Phi) is 4.48. The van der Waals surface area contributed by atoms with E-state index in [1.807, 2.05) is 43.3 Å². The molecule has 0 spiro atoms. The fourth-order valence-electron chi connectivity index (χ4n) is 6.74. The maximum Gasteiger partial charge on any atom is 0.239 e. The zero-order chi connectivity index (χ0) is 22.7. The second-order valence-electron chi connectivity index (χ2n) is 9.31. The Balaban J connectivity index is 1.58. The number of carbonyl (C=O) groups is 2. The molecule has 4 aliphatic rings. The highest BCUT2D eigenvalue weighted by atomic mass is 16.5. The topological polar surface area (TPSA) is 46.6 Å². The Bertz CT molecular complexity index is 1230. The van der Waals surface area contributed by atoms with Gasteiger partial charge in [0.05, 0.1) is 24.1 Å². The average molecular weight is 438 g/mol. The minimum Gasteiger partial charge on any atom is -0.491 e. The van der Waals surface area contributed by atoms with Crippen molar-refractivity contribution in [3.05, 3.63) is 95.1 Å². The second kappa shape index (κ2) is 7.31. The van der Waals surface area contributed by atoms with E-state index < -0.39 is 17.3 Å². The Morgan fingerprint density at radius 1 is 0.818 bits per heavy atom. The lowest BCUT2D eigenvalue weighted by atomic mass is 9.46. The SMILES string of the molecule is CCCOc1ccccc1N1C(=O)[C@H]2C3c4ccccc4C(CC)(c4ccccc43)[C@H]2C1=O. The number of nitrogens with zero attached hydrogens (tertiary/aromatic N) is 1. The lowest BCUT2D eigenvalue weighted by Crippen LogP contribution is -2.53. The highest BCUT2D eigenvalue weighted by molar-refractivity contribution is 6.24. The molecular formula is C29H27NO3. The van der Waals surface area contributed by atoms with Gasteiger partial charge in [-0.15, -0.1) is 0 Å². The molecule has 0 unspecified atom stereocenters. The van der Waals surface area contributed by atoms with Gasteiger partial charge in [-0.25, -0.2) is 4.90 Å². The molecule has 4 heteroatoms. The van der Waals surface area contributed by atoms with Gasteiger partial charge in [-0.1, -0.05) is 74.5 Å². The van der Waals surface area contributed by atoms with Crippen LogP contribution >= 0.6 is 0 Å². The number of imide groups is 1. The van der Waals surface area contributed by atoms with Gasteiger partial charge >= 0.3 is 0 Å². The predicted octanol–water partition coefficient (Wildman–Crippen LogP) is 5.44. The maximum atomic E-state index is 14.2. The van der Waals surface area contributed by atoms with Crippen LogP contribution in [-0.2, 0) is 15.0 Å². The number of anilines is 1. The summed E-state index contributed by atoms with van der Waals surface area (Å²) < 4.78 is 5.95. The normalized spacial score (nSPS) is 26.7. The molecule has 1 aliphatic heterocycles. The van der Waals surface area contributed by atoms with E-state index in [4.69, 9.17) is 4.74 Å². The summed E-state index contributed by atoms with van der Waals surface area (Å²) in [6.07, 6.45) is 1.61. The molecule has 3 aromatic rings. The van der Waals surface area contributed by atoms with Crippen LogP contribution in [0.4, 0.5) is 5.69 Å². The summed E-state index contributed by atoms with van der Waals surface area (Å²) in [6.45, 7) is 4.73. The highest BCUT2D eigenvalue weighted by Gasteiger charge is 2.67. The van der Waals surface area contributed by atoms with Gasteiger partial charge in [0.2, 0.25) is 11.8 Å². The largest absolute Gasteiger partial charge is 0.491 e. The molecule has 166 valence electrons. The van der Waals surface area contributed by atoms with E-state index in [-0.39, 0.29) is 17.7 Å². The van der Waals surface area contributed by atoms with Crippen LogP contribution in [0.5, 0.6) is 5.75 Å². The minimum atomic E-state index is -0.507. The van der Waals surface area contributed by atoms with Crippen molar-refractivity contribution < 1.29 is 14.3 Å². The number of amides is 2. The van der Waals surface area contributed by atoms with Gasteiger partial charge in [-0.05, 0) is 47.2 Å². The van der Waals surface area contributed by atoms with Gasteiger partial charge in [0.25, 0.3) is 0 Å². The molecule has 7 rings (SSSR count). The van der Waals surface area contributed by atoms with Gasteiger partial charge < -0.3 is 4.74 Å². The molecule has 2 atom stereocenters. The fraction of sp³-hybridized carbons (Fsp3) is 0.310. The van der Waals surface area contributed by atoms with E-state index >= 15 is 0 Å². The third-order valence-corrected chi connectivity index (χ3v) is 7.92. The van der Waals surface area contributed by atoms with Crippen molar-refractivity contribution >= 4 is 17.5 Å². The maximum absolute atomic E-state index is 14.2. The van der Waals surface area contributed by atoms with Gasteiger partial charge in [0, 0.05) is 11.3 Å². The number of carbonyl (C=O) groups excluding carboxylic acids is 2. The van der Waals surface area contributed by atoms with Crippen LogP contribution in [0.3, 0.4) is 0 Å². The number of benzene rings is 3. The molecule has 33 heavy (non-hydrogen) atoms. The van der Waals surface area contributed by atoms with Gasteiger partial charge in [-0.3, -0.25) is 9.59 Å². The lowest BCUT2D eigenvalue weighted by Gasteiger charge is -2.54. The molecule has 3 aromatic carbocycles. The summed E-state index contributed by atoms with van der Waals surface area (Å²) in [6, 6.07) is 24.3. The zero-order valence-corrected chi connectivity index (χ0v) is 19.0. The Morgan fingerprint density at radius 3 is 2.06 bits per heavy atom. The summed E-state index contributed by atoms with van der Waals surface area (Å²) >= 11 is 0. The number of ether oxygens (including phenoxy) is 1. The van der Waals surface area contributed by atoms with E-state index in [1.54, 1.807) is 0 Å². The smallest absolute Gasteiger partial charge is 0.239 e. The molecule has 2 bridgehead atoms. The number of rotatable bonds is 5. The summed E-state index contributed by atoms with van der Waals surface area (Å²) in [7, 11) is 0. The van der Waals surface area contributed by atoms with E-state index in [0.29, 0.717) is 18.0 Å². The first kappa shape index (κ1) is 20.2. The molecule has 1 heterocycles. The van der Waals surface area contributed by atoms with Crippen molar-refractivity contribution in [3.8, 4) is 5.75 Å². The van der Waals surface area contributed by atoms with E-state index in [1.165, 1.54) is 27.2 Å². The monoisotopic (exact) mass is 437 g/mol. The van der Waals surface area contributed by atoms with Crippen LogP contribution in [0.2, 0.25) is 0 Å². The zero-order valence-electron chi connectivity index (χ0n) is 19.0. The van der Waals surface area contributed by atoms with Crippen LogP contribution < -0.4 is 9.64 Å². The predicted molar refractivity (Wildman–Crippen MR) is 127 cm³/mol. The summed E-state index contributed by atoms with van der Waals surface area (Å²) in [4.78, 5) is 29.7. The molecule has 2 amide bonds. The van der Waals surface area contributed by atoms with Crippen LogP contribution in [0.25, 0.3) is 0 Å². The first-order chi connectivity index (χ1) is 16.1. The third kappa shape index (κ3) is 2.47. The van der Waals surface area contributed by atoms with Crippen LogP contribution in [0.1, 0.15) is 54.9 Å². The molecule has 4 nitrogen and oxygen atoms in total. The third-order valence-electron chi connectivity index (χ3n) is 7.92. The molecule has 1 fully saturated rings. The van der Waals surface area contributed by atoms with Crippen molar-refractivity contribution in [1.82, 2.24) is 0 Å². The van der Waals surface area contributed by atoms with Crippen LogP contribution in [-0.4, -0.2) is 18.4 Å². The fourth-order valence-corrected chi connectivity index (χ4v) is 6.74. The lowest BCUT2D eigenvalue weighted by molar-refractivity contribution is -0.123. The molecule has 0 N–H and O–H groups in total. The van der Waals surface area contributed by atoms with Crippen LogP contribution in [0, 0.1) is 11.8 Å². The van der Waals surface area contributed by atoms with Crippen molar-refractivity contribution in [2.24, 2.45) is 11.8 Å². The number of para-hydroxylation sites is 2. The summed E-state index contributed by atoms with van der Waals surface area (Å²) in [5.74, 6) is -0.545. The Labute approximate surface area is 194 Å². The summed E-state index contributed by atoms with van der Waals surface area (Å²) in [5, 5.41) is 0. The summed E-state index contributed by atoms with van der Waals surface area (Å²) in [5.41, 5.74) is 4.85. The first-order valence-electron chi connectivity index (χ1n) is 11.9. The molecule has 3 aliphatic carbocycles. The first-order valence-corrected chi connectivity index (χ1v) is 11.9. The average Bonchev–Trinajstić information content (AvgIpc) is 3.13. The molecular weight excluding hydrogens is 410 g/mol. The van der Waals surface area contributed by atoms with Crippen LogP contribution in [0.15, 0.2) is 72.8 Å². The van der Waals surface area contributed by atoms with Gasteiger partial charge in [0.15, 0.2) is 0 Å². The minimum absolute atomic E-state index is 0.103. The van der Waals surface area contributed by atoms with Crippen molar-refractivity contribution in [2.45, 2.75) is 38.0 Å². The Hall–Kier alpha value is -3.40. The highest BCUT2D eigenvalue weighted by Crippen LogP contribution is 2.65. The van der Waals surface area contributed by atoms with Crippen molar-refractivity contribution in [2.75, 3.05) is 11.5 Å². The van der Waals surface area contributed by atoms with Gasteiger partial charge in [0.1, 0.15) is 5.75 Å². The molecule has 0 radical (unpaired) electrons. The van der Waals surface area contributed by atoms with Crippen molar-refractivity contribution in [1.29, 1.82) is 0 Å².